The number of hydrogen-bond donors (Lipinski definition) is 2. The molecular weight excluding hydrogens is 444 g/mol. The van der Waals surface area contributed by atoms with E-state index in [9.17, 15) is 33.9 Å². The van der Waals surface area contributed by atoms with Gasteiger partial charge < -0.3 is 10.4 Å². The second kappa shape index (κ2) is 8.98. The lowest BCUT2D eigenvalue weighted by molar-refractivity contribution is -0.173. The van der Waals surface area contributed by atoms with Crippen molar-refractivity contribution in [2.75, 3.05) is 19.6 Å². The number of carboxylic acid groups (broad SMARTS) is 1. The molecule has 2 N–H and O–H groups in total. The Kier molecular flexibility index (Phi) is 6.22. The number of amides is 5. The quantitative estimate of drug-likeness (QED) is 0.561. The maximum atomic E-state index is 13.4. The van der Waals surface area contributed by atoms with Crippen molar-refractivity contribution >= 4 is 35.5 Å². The molecule has 0 aromatic heterocycles. The summed E-state index contributed by atoms with van der Waals surface area (Å²) in [5.41, 5.74) is -2.10. The third kappa shape index (κ3) is 3.96. The van der Waals surface area contributed by atoms with Crippen molar-refractivity contribution in [1.29, 1.82) is 0 Å². The van der Waals surface area contributed by atoms with E-state index in [1.165, 1.54) is 12.1 Å². The van der Waals surface area contributed by atoms with E-state index in [0.717, 1.165) is 31.1 Å². The molecule has 0 aliphatic carbocycles. The van der Waals surface area contributed by atoms with Crippen LogP contribution in [-0.2, 0) is 19.2 Å². The Bertz CT molecular complexity index is 1050. The van der Waals surface area contributed by atoms with E-state index in [-0.39, 0.29) is 30.5 Å². The zero-order valence-electron chi connectivity index (χ0n) is 18.8. The Morgan fingerprint density at radius 2 is 1.62 bits per heavy atom. The molecule has 2 saturated heterocycles. The predicted octanol–water partition coefficient (Wildman–Crippen LogP) is 0.203. The SMILES string of the molecule is CC(NC(=O)CN1CCCCC1)(C(=O)O)N1C(=O)CCC(N2C(=O)c3ccccc3C2=O)C1=O. The molecule has 0 radical (unpaired) electrons. The van der Waals surface area contributed by atoms with Crippen molar-refractivity contribution in [2.45, 2.75) is 50.7 Å². The maximum absolute atomic E-state index is 13.4. The molecule has 2 unspecified atom stereocenters. The summed E-state index contributed by atoms with van der Waals surface area (Å²) in [5.74, 6) is -5.44. The molecule has 0 bridgehead atoms. The molecule has 5 amide bonds. The number of carbonyl (C=O) groups excluding carboxylic acids is 5. The minimum Gasteiger partial charge on any atom is -0.478 e. The Hall–Kier alpha value is -3.60. The lowest BCUT2D eigenvalue weighted by Crippen LogP contribution is -2.71. The highest BCUT2D eigenvalue weighted by Crippen LogP contribution is 2.31. The topological polar surface area (TPSA) is 144 Å². The molecule has 0 saturated carbocycles. The zero-order chi connectivity index (χ0) is 24.6. The third-order valence-electron chi connectivity index (χ3n) is 6.59. The Morgan fingerprint density at radius 1 is 1.03 bits per heavy atom. The van der Waals surface area contributed by atoms with Crippen LogP contribution in [0.1, 0.15) is 59.7 Å². The van der Waals surface area contributed by atoms with Gasteiger partial charge in [0, 0.05) is 6.42 Å². The van der Waals surface area contributed by atoms with Crippen LogP contribution >= 0.6 is 0 Å². The average molecular weight is 470 g/mol. The van der Waals surface area contributed by atoms with Crippen molar-refractivity contribution in [3.05, 3.63) is 35.4 Å². The van der Waals surface area contributed by atoms with Crippen LogP contribution in [0.2, 0.25) is 0 Å². The Labute approximate surface area is 195 Å². The molecule has 2 atom stereocenters. The predicted molar refractivity (Wildman–Crippen MR) is 116 cm³/mol. The smallest absolute Gasteiger partial charge is 0.350 e. The summed E-state index contributed by atoms with van der Waals surface area (Å²) in [6, 6.07) is 4.75. The van der Waals surface area contributed by atoms with Crippen LogP contribution in [0, 0.1) is 0 Å². The fourth-order valence-electron chi connectivity index (χ4n) is 4.80. The van der Waals surface area contributed by atoms with E-state index in [4.69, 9.17) is 0 Å². The van der Waals surface area contributed by atoms with E-state index < -0.39 is 47.2 Å². The highest BCUT2D eigenvalue weighted by molar-refractivity contribution is 6.23. The van der Waals surface area contributed by atoms with Gasteiger partial charge in [0.05, 0.1) is 17.7 Å². The van der Waals surface area contributed by atoms with Crippen molar-refractivity contribution in [3.63, 3.8) is 0 Å². The van der Waals surface area contributed by atoms with Crippen LogP contribution in [0.5, 0.6) is 0 Å². The fraction of sp³-hybridized carbons (Fsp3) is 0.478. The lowest BCUT2D eigenvalue weighted by Gasteiger charge is -2.42. The minimum absolute atomic E-state index is 0.0685. The van der Waals surface area contributed by atoms with E-state index >= 15 is 0 Å². The number of nitrogens with one attached hydrogen (secondary N) is 1. The van der Waals surface area contributed by atoms with Crippen LogP contribution in [-0.4, -0.2) is 86.7 Å². The van der Waals surface area contributed by atoms with Gasteiger partial charge in [0.1, 0.15) is 6.04 Å². The van der Waals surface area contributed by atoms with Crippen molar-refractivity contribution in [1.82, 2.24) is 20.0 Å². The number of nitrogens with zero attached hydrogens (tertiary/aromatic N) is 3. The van der Waals surface area contributed by atoms with Crippen molar-refractivity contribution in [2.24, 2.45) is 0 Å². The molecule has 11 nitrogen and oxygen atoms in total. The molecule has 34 heavy (non-hydrogen) atoms. The standard InChI is InChI=1S/C23H26N4O7/c1-23(22(33)34,24-17(28)13-25-11-5-2-6-12-25)27-18(29)10-9-16(21(27)32)26-19(30)14-7-3-4-8-15(14)20(26)31/h3-4,7-8,16H,2,5-6,9-13H2,1H3,(H,24,28)(H,33,34). The number of imide groups is 2. The van der Waals surface area contributed by atoms with Gasteiger partial charge in [0.25, 0.3) is 17.7 Å². The van der Waals surface area contributed by atoms with Gasteiger partial charge in [-0.3, -0.25) is 33.8 Å². The number of carbonyl (C=O) groups is 6. The van der Waals surface area contributed by atoms with Gasteiger partial charge in [-0.15, -0.1) is 0 Å². The number of piperidine rings is 2. The summed E-state index contributed by atoms with van der Waals surface area (Å²) in [6.07, 6.45) is 2.51. The normalized spacial score (nSPS) is 23.0. The van der Waals surface area contributed by atoms with Gasteiger partial charge in [0.15, 0.2) is 0 Å². The van der Waals surface area contributed by atoms with Crippen LogP contribution in [0.15, 0.2) is 24.3 Å². The molecular formula is C23H26N4O7. The van der Waals surface area contributed by atoms with Crippen LogP contribution < -0.4 is 5.32 Å². The number of hydrogen-bond acceptors (Lipinski definition) is 7. The highest BCUT2D eigenvalue weighted by atomic mass is 16.4. The van der Waals surface area contributed by atoms with Gasteiger partial charge in [-0.25, -0.2) is 9.69 Å². The van der Waals surface area contributed by atoms with E-state index in [1.54, 1.807) is 12.1 Å². The Morgan fingerprint density at radius 3 is 2.18 bits per heavy atom. The molecule has 180 valence electrons. The molecule has 3 aliphatic rings. The summed E-state index contributed by atoms with van der Waals surface area (Å²) in [6.45, 7) is 2.38. The summed E-state index contributed by atoms with van der Waals surface area (Å²) < 4.78 is 0. The molecule has 11 heteroatoms. The lowest BCUT2D eigenvalue weighted by atomic mass is 9.97. The summed E-state index contributed by atoms with van der Waals surface area (Å²) >= 11 is 0. The maximum Gasteiger partial charge on any atom is 0.350 e. The van der Waals surface area contributed by atoms with Gasteiger partial charge in [0.2, 0.25) is 17.5 Å². The molecule has 0 spiro atoms. The molecule has 3 aliphatic heterocycles. The number of aliphatic carboxylic acids is 1. The highest BCUT2D eigenvalue weighted by Gasteiger charge is 2.54. The number of fused-ring (bicyclic) bond motifs is 1. The number of carboxylic acids is 1. The van der Waals surface area contributed by atoms with Crippen molar-refractivity contribution < 1.29 is 33.9 Å². The second-order valence-electron chi connectivity index (χ2n) is 8.91. The number of rotatable bonds is 6. The third-order valence-corrected chi connectivity index (χ3v) is 6.59. The van der Waals surface area contributed by atoms with E-state index in [0.29, 0.717) is 18.0 Å². The van der Waals surface area contributed by atoms with E-state index in [2.05, 4.69) is 5.32 Å². The molecule has 2 fully saturated rings. The summed E-state index contributed by atoms with van der Waals surface area (Å²) in [7, 11) is 0. The minimum atomic E-state index is -2.38. The summed E-state index contributed by atoms with van der Waals surface area (Å²) in [5, 5.41) is 12.3. The van der Waals surface area contributed by atoms with Gasteiger partial charge in [-0.2, -0.15) is 0 Å². The second-order valence-corrected chi connectivity index (χ2v) is 8.91. The first-order valence-corrected chi connectivity index (χ1v) is 11.3. The van der Waals surface area contributed by atoms with Gasteiger partial charge in [-0.1, -0.05) is 18.6 Å². The van der Waals surface area contributed by atoms with Crippen LogP contribution in [0.25, 0.3) is 0 Å². The van der Waals surface area contributed by atoms with Crippen molar-refractivity contribution in [3.8, 4) is 0 Å². The first-order chi connectivity index (χ1) is 16.1. The van der Waals surface area contributed by atoms with Crippen LogP contribution in [0.4, 0.5) is 0 Å². The largest absolute Gasteiger partial charge is 0.478 e. The molecule has 4 rings (SSSR count). The van der Waals surface area contributed by atoms with Gasteiger partial charge in [-0.05, 0) is 51.4 Å². The first kappa shape index (κ1) is 23.6. The van der Waals surface area contributed by atoms with E-state index in [1.807, 2.05) is 4.90 Å². The fourth-order valence-corrected chi connectivity index (χ4v) is 4.80. The zero-order valence-corrected chi connectivity index (χ0v) is 18.8. The van der Waals surface area contributed by atoms with Gasteiger partial charge >= 0.3 is 5.97 Å². The molecule has 1 aromatic carbocycles. The number of benzene rings is 1. The number of likely N-dealkylation sites (tertiary alicyclic amines) is 2. The summed E-state index contributed by atoms with van der Waals surface area (Å²) in [4.78, 5) is 80.0. The van der Waals surface area contributed by atoms with Crippen LogP contribution in [0.3, 0.4) is 0 Å². The monoisotopic (exact) mass is 470 g/mol. The average Bonchev–Trinajstić information content (AvgIpc) is 3.05. The molecule has 1 aromatic rings. The first-order valence-electron chi connectivity index (χ1n) is 11.3. The Balaban J connectivity index is 1.58. The molecule has 3 heterocycles.